The van der Waals surface area contributed by atoms with Crippen LogP contribution < -0.4 is 10.1 Å². The Hall–Kier alpha value is -3.81. The molecule has 0 aliphatic rings. The summed E-state index contributed by atoms with van der Waals surface area (Å²) >= 11 is 0. The molecule has 5 nitrogen and oxygen atoms in total. The zero-order valence-electron chi connectivity index (χ0n) is 17.1. The van der Waals surface area contributed by atoms with Crippen LogP contribution in [0.2, 0.25) is 0 Å². The summed E-state index contributed by atoms with van der Waals surface area (Å²) in [6, 6.07) is 16.8. The molecule has 0 aromatic heterocycles. The number of esters is 1. The van der Waals surface area contributed by atoms with Crippen molar-refractivity contribution in [2.75, 3.05) is 11.9 Å². The number of benzene rings is 3. The molecule has 8 heteroatoms. The van der Waals surface area contributed by atoms with E-state index in [-0.39, 0.29) is 11.3 Å². The fraction of sp³-hybridized carbons (Fsp3) is 0.167. The van der Waals surface area contributed by atoms with Gasteiger partial charge in [-0.15, -0.1) is 0 Å². The van der Waals surface area contributed by atoms with Gasteiger partial charge >= 0.3 is 18.1 Å². The minimum atomic E-state index is -4.39. The Labute approximate surface area is 182 Å². The third-order valence-corrected chi connectivity index (χ3v) is 4.73. The normalized spacial score (nSPS) is 11.1. The maximum Gasteiger partial charge on any atom is 0.416 e. The van der Waals surface area contributed by atoms with Crippen LogP contribution in [0, 0.1) is 0 Å². The van der Waals surface area contributed by atoms with E-state index >= 15 is 0 Å². The van der Waals surface area contributed by atoms with Crippen molar-refractivity contribution in [2.24, 2.45) is 0 Å². The van der Waals surface area contributed by atoms with Crippen LogP contribution in [0.5, 0.6) is 5.75 Å². The number of carbonyl (C=O) groups excluding carboxylic acids is 1. The van der Waals surface area contributed by atoms with E-state index in [2.05, 4.69) is 5.32 Å². The largest absolute Gasteiger partial charge is 0.478 e. The summed E-state index contributed by atoms with van der Waals surface area (Å²) in [5.74, 6) is -1.88. The van der Waals surface area contributed by atoms with E-state index in [1.54, 1.807) is 6.07 Å². The molecule has 3 aromatic carbocycles. The molecule has 0 spiro atoms. The third-order valence-electron chi connectivity index (χ3n) is 4.73. The maximum atomic E-state index is 12.8. The van der Waals surface area contributed by atoms with Crippen LogP contribution in [0.4, 0.5) is 18.9 Å². The molecule has 3 aromatic rings. The van der Waals surface area contributed by atoms with Crippen LogP contribution in [0.1, 0.15) is 28.4 Å². The highest BCUT2D eigenvalue weighted by molar-refractivity contribution is 5.93. The first-order valence-electron chi connectivity index (χ1n) is 9.70. The number of ether oxygens (including phenoxy) is 1. The highest BCUT2D eigenvalue weighted by atomic mass is 19.4. The Morgan fingerprint density at radius 2 is 1.69 bits per heavy atom. The highest BCUT2D eigenvalue weighted by Gasteiger charge is 2.30. The van der Waals surface area contributed by atoms with E-state index in [0.717, 1.165) is 23.3 Å². The summed E-state index contributed by atoms with van der Waals surface area (Å²) in [7, 11) is 0. The van der Waals surface area contributed by atoms with Gasteiger partial charge in [0.1, 0.15) is 11.3 Å². The van der Waals surface area contributed by atoms with Crippen molar-refractivity contribution in [3.05, 3.63) is 83.4 Å². The lowest BCUT2D eigenvalue weighted by molar-refractivity contribution is -0.137. The standard InChI is InChI=1S/C24H20F3NO4/c1-15(29)32-22-11-10-19(14-21(22)23(30)31)28-13-12-16-4-2-3-5-20(16)17-6-8-18(9-7-17)24(25,26)27/h2-11,14,28H,12-13H2,1H3,(H,30,31). The van der Waals surface area contributed by atoms with E-state index in [1.165, 1.54) is 31.2 Å². The number of anilines is 1. The molecular weight excluding hydrogens is 423 g/mol. The Morgan fingerprint density at radius 1 is 1.00 bits per heavy atom. The highest BCUT2D eigenvalue weighted by Crippen LogP contribution is 2.32. The van der Waals surface area contributed by atoms with E-state index in [0.29, 0.717) is 24.2 Å². The lowest BCUT2D eigenvalue weighted by Gasteiger charge is -2.13. The van der Waals surface area contributed by atoms with Gasteiger partial charge in [-0.3, -0.25) is 4.79 Å². The number of halogens is 3. The lowest BCUT2D eigenvalue weighted by Crippen LogP contribution is -2.10. The predicted octanol–water partition coefficient (Wildman–Crippen LogP) is 5.65. The van der Waals surface area contributed by atoms with Gasteiger partial charge in [-0.2, -0.15) is 13.2 Å². The molecule has 3 rings (SSSR count). The molecule has 0 unspecified atom stereocenters. The number of nitrogens with one attached hydrogen (secondary N) is 1. The first-order chi connectivity index (χ1) is 15.1. The van der Waals surface area contributed by atoms with Crippen molar-refractivity contribution in [2.45, 2.75) is 19.5 Å². The number of hydrogen-bond acceptors (Lipinski definition) is 4. The average molecular weight is 443 g/mol. The molecule has 0 heterocycles. The SMILES string of the molecule is CC(=O)Oc1ccc(NCCc2ccccc2-c2ccc(C(F)(F)F)cc2)cc1C(=O)O. The van der Waals surface area contributed by atoms with Gasteiger partial charge in [-0.05, 0) is 53.4 Å². The summed E-state index contributed by atoms with van der Waals surface area (Å²) in [5.41, 5.74) is 2.11. The van der Waals surface area contributed by atoms with Gasteiger partial charge in [0.05, 0.1) is 5.56 Å². The van der Waals surface area contributed by atoms with Gasteiger partial charge in [0.25, 0.3) is 0 Å². The quantitative estimate of drug-likeness (QED) is 0.365. The third kappa shape index (κ3) is 5.66. The van der Waals surface area contributed by atoms with Crippen LogP contribution in [-0.2, 0) is 17.4 Å². The van der Waals surface area contributed by atoms with Crippen LogP contribution in [0.3, 0.4) is 0 Å². The molecule has 0 aliphatic heterocycles. The van der Waals surface area contributed by atoms with E-state index in [9.17, 15) is 27.9 Å². The minimum absolute atomic E-state index is 0.0387. The molecule has 0 aliphatic carbocycles. The summed E-state index contributed by atoms with van der Waals surface area (Å²) < 4.78 is 43.4. The monoisotopic (exact) mass is 443 g/mol. The van der Waals surface area contributed by atoms with Crippen LogP contribution >= 0.6 is 0 Å². The molecular formula is C24H20F3NO4. The fourth-order valence-electron chi connectivity index (χ4n) is 3.25. The molecule has 32 heavy (non-hydrogen) atoms. The number of alkyl halides is 3. The predicted molar refractivity (Wildman–Crippen MR) is 114 cm³/mol. The van der Waals surface area contributed by atoms with Crippen molar-refractivity contribution in [3.8, 4) is 16.9 Å². The lowest BCUT2D eigenvalue weighted by atomic mass is 9.97. The van der Waals surface area contributed by atoms with E-state index in [1.807, 2.05) is 24.3 Å². The number of rotatable bonds is 7. The molecule has 0 saturated carbocycles. The first-order valence-corrected chi connectivity index (χ1v) is 9.70. The number of carbonyl (C=O) groups is 2. The molecule has 0 bridgehead atoms. The molecule has 166 valence electrons. The second-order valence-corrected chi connectivity index (χ2v) is 7.02. The average Bonchev–Trinajstić information content (AvgIpc) is 2.74. The molecule has 0 atom stereocenters. The topological polar surface area (TPSA) is 75.6 Å². The van der Waals surface area contributed by atoms with Crippen LogP contribution in [0.25, 0.3) is 11.1 Å². The van der Waals surface area contributed by atoms with Crippen LogP contribution in [0.15, 0.2) is 66.7 Å². The van der Waals surface area contributed by atoms with Crippen molar-refractivity contribution < 1.29 is 32.6 Å². The smallest absolute Gasteiger partial charge is 0.416 e. The van der Waals surface area contributed by atoms with Gasteiger partial charge in [0, 0.05) is 19.2 Å². The van der Waals surface area contributed by atoms with Gasteiger partial charge < -0.3 is 15.2 Å². The van der Waals surface area contributed by atoms with Crippen molar-refractivity contribution in [1.29, 1.82) is 0 Å². The van der Waals surface area contributed by atoms with Gasteiger partial charge in [0.2, 0.25) is 0 Å². The number of aromatic carboxylic acids is 1. The van der Waals surface area contributed by atoms with Crippen LogP contribution in [-0.4, -0.2) is 23.6 Å². The fourth-order valence-corrected chi connectivity index (χ4v) is 3.25. The molecule has 0 amide bonds. The molecule has 0 saturated heterocycles. The summed E-state index contributed by atoms with van der Waals surface area (Å²) in [5, 5.41) is 12.5. The van der Waals surface area contributed by atoms with Crippen molar-refractivity contribution in [1.82, 2.24) is 0 Å². The number of carboxylic acid groups (broad SMARTS) is 1. The second kappa shape index (κ2) is 9.55. The molecule has 2 N–H and O–H groups in total. The van der Waals surface area contributed by atoms with E-state index < -0.39 is 23.7 Å². The maximum absolute atomic E-state index is 12.8. The second-order valence-electron chi connectivity index (χ2n) is 7.02. The Bertz CT molecular complexity index is 1120. The Balaban J connectivity index is 1.73. The number of carboxylic acids is 1. The van der Waals surface area contributed by atoms with Gasteiger partial charge in [-0.25, -0.2) is 4.79 Å². The minimum Gasteiger partial charge on any atom is -0.478 e. The summed E-state index contributed by atoms with van der Waals surface area (Å²) in [6.45, 7) is 1.63. The van der Waals surface area contributed by atoms with Crippen molar-refractivity contribution >= 4 is 17.6 Å². The first kappa shape index (κ1) is 22.9. The van der Waals surface area contributed by atoms with Gasteiger partial charge in [-0.1, -0.05) is 36.4 Å². The summed E-state index contributed by atoms with van der Waals surface area (Å²) in [4.78, 5) is 22.6. The zero-order chi connectivity index (χ0) is 23.3. The Morgan fingerprint density at radius 3 is 2.31 bits per heavy atom. The van der Waals surface area contributed by atoms with Gasteiger partial charge in [0.15, 0.2) is 0 Å². The number of hydrogen-bond donors (Lipinski definition) is 2. The zero-order valence-corrected chi connectivity index (χ0v) is 17.1. The molecule has 0 radical (unpaired) electrons. The van der Waals surface area contributed by atoms with E-state index in [4.69, 9.17) is 4.74 Å². The Kier molecular flexibility index (Phi) is 6.82. The molecule has 0 fully saturated rings. The van der Waals surface area contributed by atoms with Crippen molar-refractivity contribution in [3.63, 3.8) is 0 Å². The summed E-state index contributed by atoms with van der Waals surface area (Å²) in [6.07, 6.45) is -3.84.